The van der Waals surface area contributed by atoms with Gasteiger partial charge in [0.1, 0.15) is 0 Å². The molecule has 1 aromatic heterocycles. The second-order valence-corrected chi connectivity index (χ2v) is 13.5. The third-order valence-electron chi connectivity index (χ3n) is 10.2. The number of hydrogen-bond acceptors (Lipinski definition) is 8. The standard InChI is InChI=1S/C43H45N3O6/c1-28-40(26-46-18-16-34-21-38(49-2)39(50-3)22-37(34)25-46)51-43(52-41(28)31-14-12-29(27-47)13-15-31)35-10-5-9-33(20-35)32-8-4-7-30(19-32)23-45-42(48)36-11-6-17-44-24-36/h4-15,17,19-22,24,28,40-41,43,47H,16,18,23,25-27H2,1-3H3,(H,45,48)/t28-,40+,41+,43+/m1/s1. The third kappa shape index (κ3) is 7.88. The van der Waals surface area contributed by atoms with Crippen LogP contribution in [0.4, 0.5) is 0 Å². The second-order valence-electron chi connectivity index (χ2n) is 13.5. The van der Waals surface area contributed by atoms with E-state index in [0.717, 1.165) is 70.9 Å². The predicted octanol–water partition coefficient (Wildman–Crippen LogP) is 7.04. The maximum Gasteiger partial charge on any atom is 0.253 e. The molecule has 3 heterocycles. The fourth-order valence-electron chi connectivity index (χ4n) is 7.19. The molecule has 9 heteroatoms. The van der Waals surface area contributed by atoms with Crippen molar-refractivity contribution >= 4 is 5.91 Å². The highest BCUT2D eigenvalue weighted by Crippen LogP contribution is 2.43. The normalized spacial score (nSPS) is 20.2. The van der Waals surface area contributed by atoms with E-state index in [1.54, 1.807) is 38.7 Å². The van der Waals surface area contributed by atoms with Crippen LogP contribution in [-0.4, -0.2) is 54.3 Å². The molecule has 4 atom stereocenters. The van der Waals surface area contributed by atoms with Gasteiger partial charge in [-0.25, -0.2) is 0 Å². The number of methoxy groups -OCH3 is 2. The minimum Gasteiger partial charge on any atom is -0.493 e. The molecule has 4 aromatic carbocycles. The molecular weight excluding hydrogens is 654 g/mol. The van der Waals surface area contributed by atoms with Crippen LogP contribution < -0.4 is 14.8 Å². The molecule has 7 rings (SSSR count). The van der Waals surface area contributed by atoms with E-state index < -0.39 is 6.29 Å². The SMILES string of the molecule is COc1cc2c(cc1OC)CN(C[C@@H]1O[C@H](c3cccc(-c4cccc(CNC(=O)c5cccnc5)c4)c3)O[C@H](c3ccc(CO)cc3)[C@@H]1C)CC2. The molecule has 0 radical (unpaired) electrons. The van der Waals surface area contributed by atoms with Gasteiger partial charge in [-0.3, -0.25) is 14.7 Å². The van der Waals surface area contributed by atoms with E-state index in [1.807, 2.05) is 30.3 Å². The summed E-state index contributed by atoms with van der Waals surface area (Å²) in [6, 6.07) is 32.2. The van der Waals surface area contributed by atoms with Crippen molar-refractivity contribution in [3.05, 3.63) is 148 Å². The number of benzene rings is 4. The Bertz CT molecular complexity index is 1990. The predicted molar refractivity (Wildman–Crippen MR) is 199 cm³/mol. The Morgan fingerprint density at radius 3 is 2.35 bits per heavy atom. The number of carbonyl (C=O) groups excluding carboxylic acids is 1. The fourth-order valence-corrected chi connectivity index (χ4v) is 7.19. The average molecular weight is 700 g/mol. The number of nitrogens with one attached hydrogen (secondary N) is 1. The lowest BCUT2D eigenvalue weighted by Gasteiger charge is -2.43. The van der Waals surface area contributed by atoms with Gasteiger partial charge in [0.25, 0.3) is 5.91 Å². The van der Waals surface area contributed by atoms with Crippen LogP contribution in [-0.2, 0) is 35.6 Å². The van der Waals surface area contributed by atoms with Crippen molar-refractivity contribution in [2.75, 3.05) is 27.3 Å². The van der Waals surface area contributed by atoms with E-state index in [4.69, 9.17) is 18.9 Å². The van der Waals surface area contributed by atoms with Crippen LogP contribution in [0, 0.1) is 5.92 Å². The Morgan fingerprint density at radius 1 is 0.865 bits per heavy atom. The topological polar surface area (TPSA) is 102 Å². The first-order valence-corrected chi connectivity index (χ1v) is 17.8. The van der Waals surface area contributed by atoms with Crippen LogP contribution in [0.15, 0.2) is 109 Å². The van der Waals surface area contributed by atoms with Gasteiger partial charge in [-0.05, 0) is 81.8 Å². The molecule has 268 valence electrons. The number of amides is 1. The number of rotatable bonds is 11. The van der Waals surface area contributed by atoms with Crippen LogP contribution >= 0.6 is 0 Å². The van der Waals surface area contributed by atoms with E-state index in [-0.39, 0.29) is 30.6 Å². The van der Waals surface area contributed by atoms with Gasteiger partial charge in [0.05, 0.1) is 38.6 Å². The van der Waals surface area contributed by atoms with Crippen LogP contribution in [0.2, 0.25) is 0 Å². The zero-order chi connectivity index (χ0) is 36.0. The van der Waals surface area contributed by atoms with Gasteiger partial charge in [-0.15, -0.1) is 0 Å². The molecule has 1 amide bonds. The zero-order valence-electron chi connectivity index (χ0n) is 29.8. The molecule has 2 aliphatic heterocycles. The van der Waals surface area contributed by atoms with Gasteiger partial charge < -0.3 is 29.4 Å². The van der Waals surface area contributed by atoms with Gasteiger partial charge in [-0.2, -0.15) is 0 Å². The highest BCUT2D eigenvalue weighted by Gasteiger charge is 2.39. The number of aliphatic hydroxyl groups excluding tert-OH is 1. The van der Waals surface area contributed by atoms with Crippen molar-refractivity contribution in [1.29, 1.82) is 0 Å². The van der Waals surface area contributed by atoms with Crippen molar-refractivity contribution < 1.29 is 28.8 Å². The molecule has 0 spiro atoms. The molecule has 52 heavy (non-hydrogen) atoms. The highest BCUT2D eigenvalue weighted by atomic mass is 16.7. The molecule has 1 fully saturated rings. The Kier molecular flexibility index (Phi) is 10.9. The smallest absolute Gasteiger partial charge is 0.253 e. The number of fused-ring (bicyclic) bond motifs is 1. The van der Waals surface area contributed by atoms with Crippen molar-refractivity contribution in [3.8, 4) is 22.6 Å². The van der Waals surface area contributed by atoms with Gasteiger partial charge >= 0.3 is 0 Å². The second kappa shape index (κ2) is 16.1. The third-order valence-corrected chi connectivity index (χ3v) is 10.2. The van der Waals surface area contributed by atoms with E-state index >= 15 is 0 Å². The van der Waals surface area contributed by atoms with E-state index in [9.17, 15) is 9.90 Å². The number of hydrogen-bond donors (Lipinski definition) is 2. The molecule has 9 nitrogen and oxygen atoms in total. The van der Waals surface area contributed by atoms with E-state index in [2.05, 4.69) is 76.7 Å². The maximum absolute atomic E-state index is 12.6. The molecule has 0 saturated carbocycles. The number of carbonyl (C=O) groups is 1. The number of ether oxygens (including phenoxy) is 4. The first-order valence-electron chi connectivity index (χ1n) is 17.8. The van der Waals surface area contributed by atoms with Crippen LogP contribution in [0.25, 0.3) is 11.1 Å². The molecule has 0 bridgehead atoms. The molecule has 2 N–H and O–H groups in total. The summed E-state index contributed by atoms with van der Waals surface area (Å²) in [5, 5.41) is 12.7. The lowest BCUT2D eigenvalue weighted by molar-refractivity contribution is -0.276. The summed E-state index contributed by atoms with van der Waals surface area (Å²) in [4.78, 5) is 19.1. The lowest BCUT2D eigenvalue weighted by Crippen LogP contribution is -2.45. The molecule has 0 aliphatic carbocycles. The summed E-state index contributed by atoms with van der Waals surface area (Å²) in [6.07, 6.45) is 3.21. The van der Waals surface area contributed by atoms with Crippen molar-refractivity contribution in [2.24, 2.45) is 5.92 Å². The maximum atomic E-state index is 12.6. The summed E-state index contributed by atoms with van der Waals surface area (Å²) in [6.45, 7) is 5.03. The minimum atomic E-state index is -0.591. The molecule has 0 unspecified atom stereocenters. The first kappa shape index (κ1) is 35.3. The summed E-state index contributed by atoms with van der Waals surface area (Å²) < 4.78 is 24.9. The number of pyridine rings is 1. The monoisotopic (exact) mass is 699 g/mol. The molecule has 2 aliphatic rings. The fraction of sp³-hybridized carbons (Fsp3) is 0.302. The van der Waals surface area contributed by atoms with Gasteiger partial charge in [-0.1, -0.05) is 67.6 Å². The summed E-state index contributed by atoms with van der Waals surface area (Å²) in [5.74, 6) is 1.40. The van der Waals surface area contributed by atoms with E-state index in [1.165, 1.54) is 11.1 Å². The van der Waals surface area contributed by atoms with E-state index in [0.29, 0.717) is 12.1 Å². The zero-order valence-corrected chi connectivity index (χ0v) is 29.8. The highest BCUT2D eigenvalue weighted by molar-refractivity contribution is 5.93. The quantitative estimate of drug-likeness (QED) is 0.152. The number of aliphatic hydroxyl groups is 1. The molecular formula is C43H45N3O6. The van der Waals surface area contributed by atoms with Crippen molar-refractivity contribution in [2.45, 2.75) is 51.5 Å². The summed E-state index contributed by atoms with van der Waals surface area (Å²) >= 11 is 0. The largest absolute Gasteiger partial charge is 0.493 e. The van der Waals surface area contributed by atoms with Crippen LogP contribution in [0.1, 0.15) is 63.1 Å². The Balaban J connectivity index is 1.12. The summed E-state index contributed by atoms with van der Waals surface area (Å²) in [7, 11) is 3.35. The number of nitrogens with zero attached hydrogens (tertiary/aromatic N) is 2. The molecule has 1 saturated heterocycles. The minimum absolute atomic E-state index is 0.00627. The van der Waals surface area contributed by atoms with Crippen LogP contribution in [0.5, 0.6) is 11.5 Å². The average Bonchev–Trinajstić information content (AvgIpc) is 3.20. The van der Waals surface area contributed by atoms with Gasteiger partial charge in [0.15, 0.2) is 17.8 Å². The van der Waals surface area contributed by atoms with Gasteiger partial charge in [0.2, 0.25) is 0 Å². The van der Waals surface area contributed by atoms with Crippen LogP contribution in [0.3, 0.4) is 0 Å². The Hall–Kier alpha value is -5.06. The van der Waals surface area contributed by atoms with Crippen molar-refractivity contribution in [3.63, 3.8) is 0 Å². The lowest BCUT2D eigenvalue weighted by atomic mass is 9.89. The Labute approximate surface area is 305 Å². The van der Waals surface area contributed by atoms with Gasteiger partial charge in [0, 0.05) is 50.1 Å². The Morgan fingerprint density at radius 2 is 1.62 bits per heavy atom. The summed E-state index contributed by atoms with van der Waals surface area (Å²) in [5.41, 5.74) is 8.96. The molecule has 5 aromatic rings. The first-order chi connectivity index (χ1) is 25.4. The number of aromatic nitrogens is 1. The van der Waals surface area contributed by atoms with Crippen molar-refractivity contribution in [1.82, 2.24) is 15.2 Å².